The Morgan fingerprint density at radius 3 is 2.58 bits per heavy atom. The van der Waals surface area contributed by atoms with Crippen molar-refractivity contribution in [1.82, 2.24) is 30.4 Å². The van der Waals surface area contributed by atoms with E-state index in [9.17, 15) is 4.79 Å². The number of nitrogens with zero attached hydrogens (tertiary/aromatic N) is 5. The molecular weight excluding hydrogens is 244 g/mol. The molecule has 1 aliphatic heterocycles. The molecule has 2 heterocycles. The van der Waals surface area contributed by atoms with Crippen LogP contribution >= 0.6 is 0 Å². The van der Waals surface area contributed by atoms with E-state index in [4.69, 9.17) is 0 Å². The van der Waals surface area contributed by atoms with Crippen molar-refractivity contribution in [2.75, 3.05) is 32.7 Å². The molecule has 7 nitrogen and oxygen atoms in total. The normalized spacial score (nSPS) is 17.1. The first-order chi connectivity index (χ1) is 9.24. The zero-order valence-corrected chi connectivity index (χ0v) is 11.7. The lowest BCUT2D eigenvalue weighted by Gasteiger charge is -2.33. The van der Waals surface area contributed by atoms with E-state index in [1.54, 1.807) is 0 Å². The maximum absolute atomic E-state index is 12.0. The minimum Gasteiger partial charge on any atom is -0.336 e. The maximum atomic E-state index is 12.0. The maximum Gasteiger partial charge on any atom is 0.295 e. The van der Waals surface area contributed by atoms with E-state index < -0.39 is 0 Å². The third-order valence-corrected chi connectivity index (χ3v) is 3.85. The lowest BCUT2D eigenvalue weighted by Crippen LogP contribution is -2.42. The topological polar surface area (TPSA) is 78.0 Å². The zero-order chi connectivity index (χ0) is 13.7. The number of aromatic nitrogens is 4. The second-order valence-corrected chi connectivity index (χ2v) is 4.96. The van der Waals surface area contributed by atoms with E-state index in [1.165, 1.54) is 0 Å². The Morgan fingerprint density at radius 1 is 1.37 bits per heavy atom. The fraction of sp³-hybridized carbons (Fsp3) is 0.833. The number of rotatable bonds is 5. The van der Waals surface area contributed by atoms with Crippen molar-refractivity contribution >= 4 is 5.91 Å². The molecule has 1 aromatic heterocycles. The molecule has 19 heavy (non-hydrogen) atoms. The number of hydrogen-bond acceptors (Lipinski definition) is 5. The Kier molecular flexibility index (Phi) is 4.84. The van der Waals surface area contributed by atoms with Gasteiger partial charge in [0.05, 0.1) is 0 Å². The van der Waals surface area contributed by atoms with Gasteiger partial charge in [-0.05, 0) is 37.1 Å². The van der Waals surface area contributed by atoms with Crippen LogP contribution in [0, 0.1) is 5.92 Å². The van der Waals surface area contributed by atoms with Crippen LogP contribution in [0.5, 0.6) is 0 Å². The molecule has 0 aromatic carbocycles. The number of H-pyrrole nitrogens is 1. The van der Waals surface area contributed by atoms with Crippen molar-refractivity contribution in [3.63, 3.8) is 0 Å². The van der Waals surface area contributed by atoms with Gasteiger partial charge in [0, 0.05) is 19.6 Å². The van der Waals surface area contributed by atoms with Gasteiger partial charge < -0.3 is 9.80 Å². The average Bonchev–Trinajstić information content (AvgIpc) is 2.99. The first-order valence-electron chi connectivity index (χ1n) is 6.99. The Labute approximate surface area is 113 Å². The third kappa shape index (κ3) is 3.50. The van der Waals surface area contributed by atoms with Crippen LogP contribution < -0.4 is 0 Å². The lowest BCUT2D eigenvalue weighted by atomic mass is 9.96. The Balaban J connectivity index is 1.81. The van der Waals surface area contributed by atoms with Gasteiger partial charge in [-0.2, -0.15) is 5.21 Å². The van der Waals surface area contributed by atoms with Crippen molar-refractivity contribution in [1.29, 1.82) is 0 Å². The number of amides is 1. The summed E-state index contributed by atoms with van der Waals surface area (Å²) >= 11 is 0. The van der Waals surface area contributed by atoms with Crippen LogP contribution in [-0.4, -0.2) is 69.1 Å². The van der Waals surface area contributed by atoms with Gasteiger partial charge >= 0.3 is 0 Å². The summed E-state index contributed by atoms with van der Waals surface area (Å²) in [5.41, 5.74) is 0. The minimum absolute atomic E-state index is 0.116. The van der Waals surface area contributed by atoms with E-state index in [-0.39, 0.29) is 11.7 Å². The molecule has 0 radical (unpaired) electrons. The summed E-state index contributed by atoms with van der Waals surface area (Å²) in [6, 6.07) is 0. The van der Waals surface area contributed by atoms with Gasteiger partial charge in [-0.25, -0.2) is 0 Å². The molecule has 7 heteroatoms. The number of likely N-dealkylation sites (tertiary alicyclic amines) is 1. The molecule has 1 fully saturated rings. The van der Waals surface area contributed by atoms with Crippen LogP contribution in [0.3, 0.4) is 0 Å². The molecule has 1 saturated heterocycles. The van der Waals surface area contributed by atoms with E-state index >= 15 is 0 Å². The first-order valence-corrected chi connectivity index (χ1v) is 6.99. The van der Waals surface area contributed by atoms with Crippen LogP contribution in [-0.2, 0) is 0 Å². The monoisotopic (exact) mass is 266 g/mol. The van der Waals surface area contributed by atoms with Crippen LogP contribution in [0.25, 0.3) is 0 Å². The smallest absolute Gasteiger partial charge is 0.295 e. The SMILES string of the molecule is CCN(CC)CC1CCN(C(=O)c2nn[nH]n2)CC1. The summed E-state index contributed by atoms with van der Waals surface area (Å²) in [5, 5.41) is 13.2. The van der Waals surface area contributed by atoms with Crippen LogP contribution in [0.1, 0.15) is 37.3 Å². The molecule has 106 valence electrons. The Hall–Kier alpha value is -1.50. The standard InChI is InChI=1S/C12H22N6O/c1-3-17(4-2)9-10-5-7-18(8-6-10)12(19)11-13-15-16-14-11/h10H,3-9H2,1-2H3,(H,13,14,15,16). The average molecular weight is 266 g/mol. The Bertz CT molecular complexity index is 381. The number of nitrogens with one attached hydrogen (secondary N) is 1. The minimum atomic E-state index is -0.116. The van der Waals surface area contributed by atoms with Crippen molar-refractivity contribution in [2.24, 2.45) is 5.92 Å². The number of aromatic amines is 1. The van der Waals surface area contributed by atoms with Crippen molar-refractivity contribution in [3.8, 4) is 0 Å². The molecule has 0 aliphatic carbocycles. The molecule has 1 amide bonds. The number of carbonyl (C=O) groups excluding carboxylic acids is 1. The van der Waals surface area contributed by atoms with Gasteiger partial charge in [-0.15, -0.1) is 10.2 Å². The quantitative estimate of drug-likeness (QED) is 0.834. The van der Waals surface area contributed by atoms with Crippen molar-refractivity contribution in [2.45, 2.75) is 26.7 Å². The fourth-order valence-corrected chi connectivity index (χ4v) is 2.56. The zero-order valence-electron chi connectivity index (χ0n) is 11.7. The first kappa shape index (κ1) is 13.9. The molecule has 1 aliphatic rings. The summed E-state index contributed by atoms with van der Waals surface area (Å²) in [4.78, 5) is 16.3. The molecule has 1 N–H and O–H groups in total. The molecular formula is C12H22N6O. The highest BCUT2D eigenvalue weighted by Crippen LogP contribution is 2.19. The number of carbonyl (C=O) groups is 1. The molecule has 0 bridgehead atoms. The number of hydrogen-bond donors (Lipinski definition) is 1. The van der Waals surface area contributed by atoms with E-state index in [2.05, 4.69) is 39.4 Å². The molecule has 0 spiro atoms. The third-order valence-electron chi connectivity index (χ3n) is 3.85. The van der Waals surface area contributed by atoms with Gasteiger partial charge in [0.15, 0.2) is 0 Å². The lowest BCUT2D eigenvalue weighted by molar-refractivity contribution is 0.0657. The number of piperidine rings is 1. The Morgan fingerprint density at radius 2 is 2.05 bits per heavy atom. The molecule has 1 aromatic rings. The fourth-order valence-electron chi connectivity index (χ4n) is 2.56. The summed E-state index contributed by atoms with van der Waals surface area (Å²) < 4.78 is 0. The van der Waals surface area contributed by atoms with Gasteiger partial charge in [0.1, 0.15) is 0 Å². The van der Waals surface area contributed by atoms with Gasteiger partial charge in [-0.1, -0.05) is 13.8 Å². The summed E-state index contributed by atoms with van der Waals surface area (Å²) in [6.45, 7) is 9.30. The molecule has 0 atom stereocenters. The molecule has 0 saturated carbocycles. The summed E-state index contributed by atoms with van der Waals surface area (Å²) in [7, 11) is 0. The molecule has 2 rings (SSSR count). The highest BCUT2D eigenvalue weighted by Gasteiger charge is 2.26. The van der Waals surface area contributed by atoms with Crippen molar-refractivity contribution < 1.29 is 4.79 Å². The predicted molar refractivity (Wildman–Crippen MR) is 70.6 cm³/mol. The van der Waals surface area contributed by atoms with Crippen LogP contribution in [0.2, 0.25) is 0 Å². The largest absolute Gasteiger partial charge is 0.336 e. The predicted octanol–water partition coefficient (Wildman–Crippen LogP) is 0.394. The second-order valence-electron chi connectivity index (χ2n) is 4.96. The van der Waals surface area contributed by atoms with Crippen molar-refractivity contribution in [3.05, 3.63) is 5.82 Å². The van der Waals surface area contributed by atoms with E-state index in [0.717, 1.165) is 45.6 Å². The highest BCUT2D eigenvalue weighted by atomic mass is 16.2. The summed E-state index contributed by atoms with van der Waals surface area (Å²) in [6.07, 6.45) is 2.11. The highest BCUT2D eigenvalue weighted by molar-refractivity contribution is 5.90. The second kappa shape index (κ2) is 6.60. The summed E-state index contributed by atoms with van der Waals surface area (Å²) in [5.74, 6) is 0.742. The van der Waals surface area contributed by atoms with Gasteiger partial charge in [0.25, 0.3) is 11.7 Å². The molecule has 0 unspecified atom stereocenters. The van der Waals surface area contributed by atoms with Gasteiger partial charge in [0.2, 0.25) is 0 Å². The van der Waals surface area contributed by atoms with Crippen LogP contribution in [0.15, 0.2) is 0 Å². The van der Waals surface area contributed by atoms with E-state index in [0.29, 0.717) is 5.92 Å². The van der Waals surface area contributed by atoms with Crippen LogP contribution in [0.4, 0.5) is 0 Å². The van der Waals surface area contributed by atoms with E-state index in [1.807, 2.05) is 4.90 Å². The van der Waals surface area contributed by atoms with Gasteiger partial charge in [-0.3, -0.25) is 4.79 Å². The number of tetrazole rings is 1.